The van der Waals surface area contributed by atoms with Crippen LogP contribution < -0.4 is 4.90 Å². The van der Waals surface area contributed by atoms with Crippen molar-refractivity contribution >= 4 is 11.7 Å². The number of carbonyl (C=O) groups is 1. The van der Waals surface area contributed by atoms with Crippen molar-refractivity contribution in [3.63, 3.8) is 0 Å². The van der Waals surface area contributed by atoms with Gasteiger partial charge in [0.1, 0.15) is 23.8 Å². The second-order valence-corrected chi connectivity index (χ2v) is 7.69. The average molecular weight is 391 g/mol. The molecule has 6 nitrogen and oxygen atoms in total. The van der Waals surface area contributed by atoms with E-state index >= 15 is 0 Å². The van der Waals surface area contributed by atoms with Crippen molar-refractivity contribution in [1.82, 2.24) is 19.4 Å². The second kappa shape index (κ2) is 6.99. The van der Waals surface area contributed by atoms with Gasteiger partial charge in [-0.1, -0.05) is 12.1 Å². The molecule has 0 N–H and O–H groups in total. The van der Waals surface area contributed by atoms with Crippen LogP contribution in [0, 0.1) is 5.82 Å². The fourth-order valence-electron chi connectivity index (χ4n) is 4.10. The van der Waals surface area contributed by atoms with Gasteiger partial charge < -0.3 is 14.4 Å². The van der Waals surface area contributed by atoms with Crippen molar-refractivity contribution in [3.05, 3.63) is 72.6 Å². The first-order valence-corrected chi connectivity index (χ1v) is 9.91. The molecule has 1 amide bonds. The van der Waals surface area contributed by atoms with Gasteiger partial charge in [-0.05, 0) is 42.7 Å². The third-order valence-corrected chi connectivity index (χ3v) is 5.95. The van der Waals surface area contributed by atoms with E-state index < -0.39 is 5.41 Å². The van der Waals surface area contributed by atoms with Crippen molar-refractivity contribution < 1.29 is 9.18 Å². The quantitative estimate of drug-likeness (QED) is 0.686. The number of aromatic nitrogens is 3. The number of nitrogens with zero attached hydrogens (tertiary/aromatic N) is 5. The number of rotatable bonds is 4. The van der Waals surface area contributed by atoms with E-state index in [1.165, 1.54) is 12.1 Å². The molecule has 1 saturated heterocycles. The highest BCUT2D eigenvalue weighted by Gasteiger charge is 2.53. The van der Waals surface area contributed by atoms with Crippen LogP contribution in [0.2, 0.25) is 0 Å². The second-order valence-electron chi connectivity index (χ2n) is 7.69. The van der Waals surface area contributed by atoms with Crippen LogP contribution in [-0.2, 0) is 10.2 Å². The SMILES string of the molecule is O=C(N1CCN(c2cc(-n3cccc3)ncn2)CC1)C1(c2ccc(F)cc2)CC1. The number of carbonyl (C=O) groups excluding carboxylic acids is 1. The fraction of sp³-hybridized carbons (Fsp3) is 0.318. The first-order chi connectivity index (χ1) is 14.2. The van der Waals surface area contributed by atoms with Crippen LogP contribution in [-0.4, -0.2) is 51.5 Å². The zero-order chi connectivity index (χ0) is 19.8. The maximum atomic E-state index is 13.3. The first-order valence-electron chi connectivity index (χ1n) is 9.91. The number of anilines is 1. The first kappa shape index (κ1) is 17.8. The predicted octanol–water partition coefficient (Wildman–Crippen LogP) is 2.79. The van der Waals surface area contributed by atoms with Crippen molar-refractivity contribution in [3.8, 4) is 5.82 Å². The van der Waals surface area contributed by atoms with Crippen LogP contribution in [0.4, 0.5) is 10.2 Å². The van der Waals surface area contributed by atoms with Gasteiger partial charge in [-0.3, -0.25) is 4.79 Å². The molecule has 0 atom stereocenters. The van der Waals surface area contributed by atoms with E-state index in [0.29, 0.717) is 13.1 Å². The van der Waals surface area contributed by atoms with Crippen LogP contribution in [0.1, 0.15) is 18.4 Å². The minimum absolute atomic E-state index is 0.166. The Morgan fingerprint density at radius 1 is 0.931 bits per heavy atom. The number of amides is 1. The molecule has 0 unspecified atom stereocenters. The summed E-state index contributed by atoms with van der Waals surface area (Å²) >= 11 is 0. The molecule has 2 aliphatic rings. The Kier molecular flexibility index (Phi) is 4.30. The van der Waals surface area contributed by atoms with Crippen molar-refractivity contribution in [2.24, 2.45) is 0 Å². The largest absolute Gasteiger partial charge is 0.353 e. The number of hydrogen-bond acceptors (Lipinski definition) is 4. The molecule has 1 aliphatic carbocycles. The summed E-state index contributed by atoms with van der Waals surface area (Å²) in [7, 11) is 0. The fourth-order valence-corrected chi connectivity index (χ4v) is 4.10. The Bertz CT molecular complexity index is 1010. The third-order valence-electron chi connectivity index (χ3n) is 5.95. The van der Waals surface area contributed by atoms with E-state index in [2.05, 4.69) is 14.9 Å². The standard InChI is InChI=1S/C22H22FN5O/c23-18-5-3-17(4-6-18)22(7-8-22)21(29)28-13-11-27(12-14-28)20-15-19(24-16-25-20)26-9-1-2-10-26/h1-6,9-10,15-16H,7-8,11-14H2. The lowest BCUT2D eigenvalue weighted by atomic mass is 9.94. The lowest BCUT2D eigenvalue weighted by molar-refractivity contribution is -0.134. The maximum absolute atomic E-state index is 13.3. The third kappa shape index (κ3) is 3.26. The Balaban J connectivity index is 1.27. The van der Waals surface area contributed by atoms with Gasteiger partial charge in [0.2, 0.25) is 5.91 Å². The normalized spacial score (nSPS) is 18.0. The molecular weight excluding hydrogens is 369 g/mol. The van der Waals surface area contributed by atoms with E-state index in [1.54, 1.807) is 18.5 Å². The van der Waals surface area contributed by atoms with Gasteiger partial charge >= 0.3 is 0 Å². The summed E-state index contributed by atoms with van der Waals surface area (Å²) in [6.45, 7) is 2.77. The summed E-state index contributed by atoms with van der Waals surface area (Å²) in [5.41, 5.74) is 0.477. The number of benzene rings is 1. The molecule has 7 heteroatoms. The summed E-state index contributed by atoms with van der Waals surface area (Å²) < 4.78 is 15.2. The highest BCUT2D eigenvalue weighted by atomic mass is 19.1. The summed E-state index contributed by atoms with van der Waals surface area (Å²) in [5.74, 6) is 1.59. The molecular formula is C22H22FN5O. The highest BCUT2D eigenvalue weighted by molar-refractivity contribution is 5.91. The highest BCUT2D eigenvalue weighted by Crippen LogP contribution is 2.49. The maximum Gasteiger partial charge on any atom is 0.233 e. The zero-order valence-electron chi connectivity index (χ0n) is 16.0. The van der Waals surface area contributed by atoms with E-state index in [-0.39, 0.29) is 11.7 Å². The number of piperazine rings is 1. The van der Waals surface area contributed by atoms with Crippen molar-refractivity contribution in [2.45, 2.75) is 18.3 Å². The van der Waals surface area contributed by atoms with Gasteiger partial charge in [0.25, 0.3) is 0 Å². The molecule has 1 aromatic carbocycles. The topological polar surface area (TPSA) is 54.3 Å². The van der Waals surface area contributed by atoms with Gasteiger partial charge in [0.05, 0.1) is 5.41 Å². The lowest BCUT2D eigenvalue weighted by Gasteiger charge is -2.37. The predicted molar refractivity (Wildman–Crippen MR) is 107 cm³/mol. The van der Waals surface area contributed by atoms with E-state index in [9.17, 15) is 9.18 Å². The van der Waals surface area contributed by atoms with Crippen LogP contribution in [0.25, 0.3) is 5.82 Å². The molecule has 1 saturated carbocycles. The molecule has 5 rings (SSSR count). The summed E-state index contributed by atoms with van der Waals surface area (Å²) in [6, 6.07) is 12.3. The van der Waals surface area contributed by atoms with Crippen molar-refractivity contribution in [1.29, 1.82) is 0 Å². The molecule has 0 spiro atoms. The van der Waals surface area contributed by atoms with Gasteiger partial charge in [0.15, 0.2) is 0 Å². The molecule has 0 bridgehead atoms. The summed E-state index contributed by atoms with van der Waals surface area (Å²) in [6.07, 6.45) is 7.16. The molecule has 148 valence electrons. The lowest BCUT2D eigenvalue weighted by Crippen LogP contribution is -2.51. The summed E-state index contributed by atoms with van der Waals surface area (Å²) in [4.78, 5) is 26.1. The van der Waals surface area contributed by atoms with Gasteiger partial charge in [-0.15, -0.1) is 0 Å². The Hall–Kier alpha value is -3.22. The van der Waals surface area contributed by atoms with Gasteiger partial charge in [-0.2, -0.15) is 0 Å². The minimum Gasteiger partial charge on any atom is -0.353 e. The summed E-state index contributed by atoms with van der Waals surface area (Å²) in [5, 5.41) is 0. The Labute approximate surface area is 168 Å². The van der Waals surface area contributed by atoms with Gasteiger partial charge in [0, 0.05) is 44.6 Å². The van der Waals surface area contributed by atoms with Crippen LogP contribution >= 0.6 is 0 Å². The van der Waals surface area contributed by atoms with E-state index in [4.69, 9.17) is 0 Å². The molecule has 3 heterocycles. The zero-order valence-corrected chi connectivity index (χ0v) is 16.0. The van der Waals surface area contributed by atoms with Crippen LogP contribution in [0.15, 0.2) is 61.2 Å². The number of hydrogen-bond donors (Lipinski definition) is 0. The smallest absolute Gasteiger partial charge is 0.233 e. The Morgan fingerprint density at radius 3 is 2.24 bits per heavy atom. The van der Waals surface area contributed by atoms with Crippen LogP contribution in [0.5, 0.6) is 0 Å². The van der Waals surface area contributed by atoms with Gasteiger partial charge in [-0.25, -0.2) is 14.4 Å². The molecule has 0 radical (unpaired) electrons. The molecule has 1 aliphatic heterocycles. The van der Waals surface area contributed by atoms with E-state index in [0.717, 1.165) is 43.1 Å². The van der Waals surface area contributed by atoms with Crippen molar-refractivity contribution in [2.75, 3.05) is 31.1 Å². The number of halogens is 1. The Morgan fingerprint density at radius 2 is 1.59 bits per heavy atom. The molecule has 2 fully saturated rings. The molecule has 29 heavy (non-hydrogen) atoms. The molecule has 2 aromatic heterocycles. The monoisotopic (exact) mass is 391 g/mol. The minimum atomic E-state index is -0.452. The average Bonchev–Trinajstić information content (AvgIpc) is 3.39. The van der Waals surface area contributed by atoms with Crippen LogP contribution in [0.3, 0.4) is 0 Å². The van der Waals surface area contributed by atoms with E-state index in [1.807, 2.05) is 40.1 Å². The molecule has 3 aromatic rings.